The molecular formula is C14H25N5OS. The van der Waals surface area contributed by atoms with E-state index in [1.54, 1.807) is 0 Å². The number of nitrogens with zero attached hydrogens (tertiary/aromatic N) is 3. The zero-order chi connectivity index (χ0) is 15.4. The molecule has 0 bridgehead atoms. The van der Waals surface area contributed by atoms with Crippen LogP contribution in [0.2, 0.25) is 0 Å². The smallest absolute Gasteiger partial charge is 0.267 e. The third-order valence-electron chi connectivity index (χ3n) is 3.86. The van der Waals surface area contributed by atoms with Crippen LogP contribution in [0, 0.1) is 0 Å². The van der Waals surface area contributed by atoms with E-state index in [0.717, 1.165) is 44.0 Å². The summed E-state index contributed by atoms with van der Waals surface area (Å²) >= 11 is 1.36. The predicted molar refractivity (Wildman–Crippen MR) is 87.9 cm³/mol. The van der Waals surface area contributed by atoms with E-state index in [1.807, 2.05) is 4.90 Å². The maximum atomic E-state index is 12.6. The van der Waals surface area contributed by atoms with Crippen LogP contribution in [0.5, 0.6) is 0 Å². The number of nitrogen functional groups attached to an aromatic ring is 1. The minimum Gasteiger partial charge on any atom is -0.382 e. The molecule has 0 saturated carbocycles. The minimum absolute atomic E-state index is 0.0201. The maximum absolute atomic E-state index is 12.6. The van der Waals surface area contributed by atoms with Gasteiger partial charge in [-0.1, -0.05) is 18.3 Å². The average Bonchev–Trinajstić information content (AvgIpc) is 2.85. The fraction of sp³-hybridized carbons (Fsp3) is 0.714. The standard InChI is InChI=1S/C14H25N5OS/c1-4-7-16-14-17-12(15)11(21-14)13(20)19-8-5-10(6-9-19)18(2)3/h10H,4-9,15H2,1-3H3,(H,16,17). The van der Waals surface area contributed by atoms with Gasteiger partial charge in [0, 0.05) is 25.7 Å². The largest absolute Gasteiger partial charge is 0.382 e. The molecule has 0 unspecified atom stereocenters. The fourth-order valence-electron chi connectivity index (χ4n) is 2.52. The number of carbonyl (C=O) groups excluding carboxylic acids is 1. The molecule has 118 valence electrons. The Labute approximate surface area is 130 Å². The van der Waals surface area contributed by atoms with Crippen molar-refractivity contribution in [1.29, 1.82) is 0 Å². The van der Waals surface area contributed by atoms with Gasteiger partial charge in [0.1, 0.15) is 10.7 Å². The van der Waals surface area contributed by atoms with E-state index >= 15 is 0 Å². The third kappa shape index (κ3) is 3.85. The number of thiazole rings is 1. The first-order valence-corrected chi connectivity index (χ1v) is 8.30. The third-order valence-corrected chi connectivity index (χ3v) is 4.87. The Kier molecular flexibility index (Phi) is 5.41. The van der Waals surface area contributed by atoms with Crippen LogP contribution in [0.3, 0.4) is 0 Å². The summed E-state index contributed by atoms with van der Waals surface area (Å²) in [5.41, 5.74) is 5.90. The van der Waals surface area contributed by atoms with E-state index in [-0.39, 0.29) is 5.91 Å². The van der Waals surface area contributed by atoms with E-state index in [2.05, 4.69) is 36.2 Å². The Morgan fingerprint density at radius 3 is 2.71 bits per heavy atom. The normalized spacial score (nSPS) is 16.5. The van der Waals surface area contributed by atoms with Crippen LogP contribution >= 0.6 is 11.3 Å². The lowest BCUT2D eigenvalue weighted by Crippen LogP contribution is -2.44. The Bertz CT molecular complexity index is 480. The van der Waals surface area contributed by atoms with Gasteiger partial charge >= 0.3 is 0 Å². The van der Waals surface area contributed by atoms with Gasteiger partial charge in [0.15, 0.2) is 5.13 Å². The minimum atomic E-state index is 0.0201. The lowest BCUT2D eigenvalue weighted by molar-refractivity contribution is 0.0669. The number of hydrogen-bond donors (Lipinski definition) is 2. The van der Waals surface area contributed by atoms with Crippen molar-refractivity contribution in [3.05, 3.63) is 4.88 Å². The van der Waals surface area contributed by atoms with Gasteiger partial charge < -0.3 is 20.9 Å². The zero-order valence-electron chi connectivity index (χ0n) is 13.1. The monoisotopic (exact) mass is 311 g/mol. The molecule has 1 aromatic heterocycles. The number of nitrogens with two attached hydrogens (primary N) is 1. The highest BCUT2D eigenvalue weighted by Crippen LogP contribution is 2.27. The number of likely N-dealkylation sites (tertiary alicyclic amines) is 1. The predicted octanol–water partition coefficient (Wildman–Crippen LogP) is 1.71. The number of amides is 1. The quantitative estimate of drug-likeness (QED) is 0.866. The molecule has 0 spiro atoms. The number of rotatable bonds is 5. The summed E-state index contributed by atoms with van der Waals surface area (Å²) in [5.74, 6) is 0.366. The summed E-state index contributed by atoms with van der Waals surface area (Å²) in [4.78, 5) is 21.5. The van der Waals surface area contributed by atoms with Gasteiger partial charge in [0.25, 0.3) is 5.91 Å². The number of anilines is 2. The average molecular weight is 311 g/mol. The maximum Gasteiger partial charge on any atom is 0.267 e. The van der Waals surface area contributed by atoms with E-state index < -0.39 is 0 Å². The number of aromatic nitrogens is 1. The van der Waals surface area contributed by atoms with Crippen LogP contribution in [0.4, 0.5) is 10.9 Å². The van der Waals surface area contributed by atoms with Gasteiger partial charge in [-0.2, -0.15) is 0 Å². The van der Waals surface area contributed by atoms with Crippen LogP contribution < -0.4 is 11.1 Å². The number of carbonyl (C=O) groups is 1. The molecule has 6 nitrogen and oxygen atoms in total. The van der Waals surface area contributed by atoms with Crippen molar-refractivity contribution >= 4 is 28.2 Å². The Morgan fingerprint density at radius 2 is 2.14 bits per heavy atom. The van der Waals surface area contributed by atoms with Gasteiger partial charge in [-0.3, -0.25) is 4.79 Å². The molecule has 21 heavy (non-hydrogen) atoms. The highest BCUT2D eigenvalue weighted by molar-refractivity contribution is 7.18. The van der Waals surface area contributed by atoms with Crippen molar-refractivity contribution in [2.75, 3.05) is 44.8 Å². The lowest BCUT2D eigenvalue weighted by Gasteiger charge is -2.35. The van der Waals surface area contributed by atoms with Crippen LogP contribution in [0.15, 0.2) is 0 Å². The molecule has 3 N–H and O–H groups in total. The first-order chi connectivity index (χ1) is 10.0. The molecule has 1 aliphatic rings. The molecular weight excluding hydrogens is 286 g/mol. The summed E-state index contributed by atoms with van der Waals surface area (Å²) in [6.45, 7) is 4.51. The van der Waals surface area contributed by atoms with Gasteiger partial charge in [-0.25, -0.2) is 4.98 Å². The number of hydrogen-bond acceptors (Lipinski definition) is 6. The van der Waals surface area contributed by atoms with Crippen LogP contribution in [-0.2, 0) is 0 Å². The number of nitrogens with one attached hydrogen (secondary N) is 1. The SMILES string of the molecule is CCCNc1nc(N)c(C(=O)N2CCC(N(C)C)CC2)s1. The number of piperidine rings is 1. The van der Waals surface area contributed by atoms with E-state index in [1.165, 1.54) is 11.3 Å². The van der Waals surface area contributed by atoms with Crippen molar-refractivity contribution in [2.24, 2.45) is 0 Å². The molecule has 2 rings (SSSR count). The molecule has 0 radical (unpaired) electrons. The second-order valence-electron chi connectivity index (χ2n) is 5.65. The van der Waals surface area contributed by atoms with E-state index in [4.69, 9.17) is 5.73 Å². The Hall–Kier alpha value is -1.34. The van der Waals surface area contributed by atoms with Gasteiger partial charge in [-0.15, -0.1) is 0 Å². The summed E-state index contributed by atoms with van der Waals surface area (Å²) < 4.78 is 0. The van der Waals surface area contributed by atoms with Gasteiger partial charge in [0.05, 0.1) is 0 Å². The topological polar surface area (TPSA) is 74.5 Å². The zero-order valence-corrected chi connectivity index (χ0v) is 13.9. The highest BCUT2D eigenvalue weighted by Gasteiger charge is 2.27. The molecule has 7 heteroatoms. The summed E-state index contributed by atoms with van der Waals surface area (Å²) in [6, 6.07) is 0.564. The first-order valence-electron chi connectivity index (χ1n) is 7.48. The Balaban J connectivity index is 1.99. The molecule has 0 aromatic carbocycles. The Morgan fingerprint density at radius 1 is 1.48 bits per heavy atom. The first kappa shape index (κ1) is 16.0. The molecule has 0 atom stereocenters. The van der Waals surface area contributed by atoms with Crippen LogP contribution in [-0.4, -0.2) is 60.5 Å². The highest BCUT2D eigenvalue weighted by atomic mass is 32.1. The van der Waals surface area contributed by atoms with Crippen LogP contribution in [0.1, 0.15) is 35.9 Å². The molecule has 1 aromatic rings. The molecule has 1 amide bonds. The van der Waals surface area contributed by atoms with Crippen molar-refractivity contribution in [3.63, 3.8) is 0 Å². The van der Waals surface area contributed by atoms with Crippen molar-refractivity contribution < 1.29 is 4.79 Å². The molecule has 2 heterocycles. The second-order valence-corrected chi connectivity index (χ2v) is 6.65. The second kappa shape index (κ2) is 7.09. The molecule has 1 saturated heterocycles. The van der Waals surface area contributed by atoms with Gasteiger partial charge in [-0.05, 0) is 33.4 Å². The van der Waals surface area contributed by atoms with Crippen molar-refractivity contribution in [2.45, 2.75) is 32.2 Å². The van der Waals surface area contributed by atoms with Crippen molar-refractivity contribution in [3.8, 4) is 0 Å². The fourth-order valence-corrected chi connectivity index (χ4v) is 3.40. The molecule has 1 aliphatic heterocycles. The lowest BCUT2D eigenvalue weighted by atomic mass is 10.0. The van der Waals surface area contributed by atoms with Crippen LogP contribution in [0.25, 0.3) is 0 Å². The van der Waals surface area contributed by atoms with E-state index in [0.29, 0.717) is 16.7 Å². The van der Waals surface area contributed by atoms with Gasteiger partial charge in [0.2, 0.25) is 0 Å². The summed E-state index contributed by atoms with van der Waals surface area (Å²) in [7, 11) is 4.18. The van der Waals surface area contributed by atoms with E-state index in [9.17, 15) is 4.79 Å². The van der Waals surface area contributed by atoms with Crippen molar-refractivity contribution in [1.82, 2.24) is 14.8 Å². The molecule has 0 aliphatic carbocycles. The molecule has 1 fully saturated rings. The summed E-state index contributed by atoms with van der Waals surface area (Å²) in [5, 5.41) is 3.92. The summed E-state index contributed by atoms with van der Waals surface area (Å²) in [6.07, 6.45) is 3.04.